The van der Waals surface area contributed by atoms with Gasteiger partial charge in [-0.2, -0.15) is 0 Å². The van der Waals surface area contributed by atoms with Crippen molar-refractivity contribution in [1.82, 2.24) is 4.72 Å². The van der Waals surface area contributed by atoms with Gasteiger partial charge in [-0.15, -0.1) is 0 Å². The summed E-state index contributed by atoms with van der Waals surface area (Å²) < 4.78 is 28.1. The maximum absolute atomic E-state index is 12.8. The van der Waals surface area contributed by atoms with Crippen molar-refractivity contribution >= 4 is 21.7 Å². The standard InChI is InChI=1S/C20H24N2O4S/c1-15(16-8-4-2-5-9-16)21-27(25,26)17-10-11-19(18(14-17)20(23)24)22-12-6-3-7-13-22/h2,4-5,8-11,14-15,21H,3,6-7,12-13H2,1H3,(H,23,24)/t15-/m1/s1. The Morgan fingerprint density at radius 3 is 2.37 bits per heavy atom. The van der Waals surface area contributed by atoms with Crippen LogP contribution in [0.2, 0.25) is 0 Å². The third-order valence-corrected chi connectivity index (χ3v) is 6.38. The molecule has 0 amide bonds. The molecule has 2 aromatic rings. The number of rotatable bonds is 6. The molecule has 2 N–H and O–H groups in total. The summed E-state index contributed by atoms with van der Waals surface area (Å²) in [5, 5.41) is 9.60. The molecule has 27 heavy (non-hydrogen) atoms. The van der Waals surface area contributed by atoms with Gasteiger partial charge in [-0.3, -0.25) is 0 Å². The molecular weight excluding hydrogens is 364 g/mol. The lowest BCUT2D eigenvalue weighted by Crippen LogP contribution is -2.31. The minimum Gasteiger partial charge on any atom is -0.478 e. The van der Waals surface area contributed by atoms with E-state index >= 15 is 0 Å². The second kappa shape index (κ2) is 8.10. The van der Waals surface area contributed by atoms with Crippen molar-refractivity contribution < 1.29 is 18.3 Å². The summed E-state index contributed by atoms with van der Waals surface area (Å²) in [6.45, 7) is 3.33. The summed E-state index contributed by atoms with van der Waals surface area (Å²) in [5.74, 6) is -1.12. The summed E-state index contributed by atoms with van der Waals surface area (Å²) in [6.07, 6.45) is 3.15. The molecule has 3 rings (SSSR count). The SMILES string of the molecule is C[C@@H](NS(=O)(=O)c1ccc(N2CCCCC2)c(C(=O)O)c1)c1ccccc1. The molecule has 144 valence electrons. The van der Waals surface area contributed by atoms with Crippen molar-refractivity contribution in [1.29, 1.82) is 0 Å². The highest BCUT2D eigenvalue weighted by Gasteiger charge is 2.24. The molecule has 1 fully saturated rings. The molecule has 0 saturated carbocycles. The van der Waals surface area contributed by atoms with E-state index in [2.05, 4.69) is 4.72 Å². The molecule has 1 saturated heterocycles. The number of hydrogen-bond donors (Lipinski definition) is 2. The number of carboxylic acid groups (broad SMARTS) is 1. The van der Waals surface area contributed by atoms with Gasteiger partial charge in [0.25, 0.3) is 0 Å². The van der Waals surface area contributed by atoms with E-state index in [-0.39, 0.29) is 10.5 Å². The van der Waals surface area contributed by atoms with Crippen LogP contribution in [-0.2, 0) is 10.0 Å². The number of anilines is 1. The van der Waals surface area contributed by atoms with Crippen molar-refractivity contribution in [2.75, 3.05) is 18.0 Å². The fourth-order valence-corrected chi connectivity index (χ4v) is 4.63. The third kappa shape index (κ3) is 4.48. The molecule has 0 spiro atoms. The first kappa shape index (κ1) is 19.4. The van der Waals surface area contributed by atoms with Crippen LogP contribution in [-0.4, -0.2) is 32.6 Å². The van der Waals surface area contributed by atoms with Crippen LogP contribution in [0.5, 0.6) is 0 Å². The fourth-order valence-electron chi connectivity index (χ4n) is 3.37. The number of sulfonamides is 1. The number of carbonyl (C=O) groups is 1. The quantitative estimate of drug-likeness (QED) is 0.792. The Morgan fingerprint density at radius 2 is 1.74 bits per heavy atom. The summed E-state index contributed by atoms with van der Waals surface area (Å²) in [5.41, 5.74) is 1.44. The van der Waals surface area contributed by atoms with Crippen LogP contribution in [0.25, 0.3) is 0 Å². The molecule has 0 radical (unpaired) electrons. The van der Waals surface area contributed by atoms with Crippen molar-refractivity contribution in [3.05, 3.63) is 59.7 Å². The lowest BCUT2D eigenvalue weighted by Gasteiger charge is -2.30. The van der Waals surface area contributed by atoms with Crippen LogP contribution in [0.15, 0.2) is 53.4 Å². The summed E-state index contributed by atoms with van der Waals surface area (Å²) in [6, 6.07) is 13.2. The van der Waals surface area contributed by atoms with E-state index < -0.39 is 22.0 Å². The Bertz CT molecular complexity index is 907. The van der Waals surface area contributed by atoms with Gasteiger partial charge >= 0.3 is 5.97 Å². The van der Waals surface area contributed by atoms with Gasteiger partial charge in [0, 0.05) is 19.1 Å². The van der Waals surface area contributed by atoms with Crippen LogP contribution < -0.4 is 9.62 Å². The molecule has 0 bridgehead atoms. The average molecular weight is 388 g/mol. The molecule has 1 aliphatic heterocycles. The molecular formula is C20H24N2O4S. The zero-order valence-electron chi connectivity index (χ0n) is 15.3. The zero-order chi connectivity index (χ0) is 19.4. The first-order valence-corrected chi connectivity index (χ1v) is 10.6. The Morgan fingerprint density at radius 1 is 1.07 bits per heavy atom. The molecule has 7 heteroatoms. The number of carboxylic acids is 1. The number of nitrogens with one attached hydrogen (secondary N) is 1. The summed E-state index contributed by atoms with van der Waals surface area (Å²) in [7, 11) is -3.84. The Labute approximate surface area is 159 Å². The van der Waals surface area contributed by atoms with Gasteiger partial charge in [0.05, 0.1) is 16.1 Å². The largest absolute Gasteiger partial charge is 0.478 e. The molecule has 0 aromatic heterocycles. The van der Waals surface area contributed by atoms with Gasteiger partial charge < -0.3 is 10.0 Å². The number of benzene rings is 2. The van der Waals surface area contributed by atoms with Crippen molar-refractivity contribution in [2.45, 2.75) is 37.1 Å². The molecule has 1 aliphatic rings. The minimum atomic E-state index is -3.84. The van der Waals surface area contributed by atoms with Crippen LogP contribution >= 0.6 is 0 Å². The van der Waals surface area contributed by atoms with Crippen LogP contribution in [0.3, 0.4) is 0 Å². The van der Waals surface area contributed by atoms with Gasteiger partial charge in [0.2, 0.25) is 10.0 Å². The van der Waals surface area contributed by atoms with E-state index in [1.165, 1.54) is 12.1 Å². The number of aromatic carboxylic acids is 1. The highest BCUT2D eigenvalue weighted by atomic mass is 32.2. The van der Waals surface area contributed by atoms with Gasteiger partial charge in [0.15, 0.2) is 0 Å². The first-order chi connectivity index (χ1) is 12.9. The zero-order valence-corrected chi connectivity index (χ0v) is 16.1. The Balaban J connectivity index is 1.89. The van der Waals surface area contributed by atoms with Crippen LogP contribution in [0, 0.1) is 0 Å². The van der Waals surface area contributed by atoms with E-state index in [4.69, 9.17) is 0 Å². The second-order valence-electron chi connectivity index (χ2n) is 6.79. The van der Waals surface area contributed by atoms with Crippen molar-refractivity contribution in [3.8, 4) is 0 Å². The Hall–Kier alpha value is -2.38. The van der Waals surface area contributed by atoms with Gasteiger partial charge in [-0.1, -0.05) is 30.3 Å². The molecule has 0 unspecified atom stereocenters. The summed E-state index contributed by atoms with van der Waals surface area (Å²) >= 11 is 0. The van der Waals surface area contributed by atoms with E-state index in [1.807, 2.05) is 35.2 Å². The topological polar surface area (TPSA) is 86.7 Å². The number of piperidine rings is 1. The number of hydrogen-bond acceptors (Lipinski definition) is 4. The van der Waals surface area contributed by atoms with E-state index in [0.717, 1.165) is 37.9 Å². The molecule has 2 aromatic carbocycles. The van der Waals surface area contributed by atoms with Gasteiger partial charge in [-0.05, 0) is 49.9 Å². The van der Waals surface area contributed by atoms with Crippen molar-refractivity contribution in [2.24, 2.45) is 0 Å². The van der Waals surface area contributed by atoms with Gasteiger partial charge in [0.1, 0.15) is 0 Å². The first-order valence-electron chi connectivity index (χ1n) is 9.08. The monoisotopic (exact) mass is 388 g/mol. The highest BCUT2D eigenvalue weighted by Crippen LogP contribution is 2.27. The van der Waals surface area contributed by atoms with Gasteiger partial charge in [-0.25, -0.2) is 17.9 Å². The average Bonchev–Trinajstić information content (AvgIpc) is 2.68. The maximum Gasteiger partial charge on any atom is 0.337 e. The molecule has 0 aliphatic carbocycles. The maximum atomic E-state index is 12.8. The van der Waals surface area contributed by atoms with Crippen LogP contribution in [0.1, 0.15) is 48.1 Å². The molecule has 1 heterocycles. The van der Waals surface area contributed by atoms with E-state index in [0.29, 0.717) is 5.69 Å². The highest BCUT2D eigenvalue weighted by molar-refractivity contribution is 7.89. The normalized spacial score (nSPS) is 16.1. The van der Waals surface area contributed by atoms with Crippen molar-refractivity contribution in [3.63, 3.8) is 0 Å². The molecule has 6 nitrogen and oxygen atoms in total. The second-order valence-corrected chi connectivity index (χ2v) is 8.50. The molecule has 1 atom stereocenters. The predicted molar refractivity (Wildman–Crippen MR) is 105 cm³/mol. The fraction of sp³-hybridized carbons (Fsp3) is 0.350. The Kier molecular flexibility index (Phi) is 5.82. The smallest absolute Gasteiger partial charge is 0.337 e. The summed E-state index contributed by atoms with van der Waals surface area (Å²) in [4.78, 5) is 13.7. The lowest BCUT2D eigenvalue weighted by molar-refractivity contribution is 0.0697. The lowest BCUT2D eigenvalue weighted by atomic mass is 10.1. The predicted octanol–water partition coefficient (Wildman–Crippen LogP) is 3.41. The third-order valence-electron chi connectivity index (χ3n) is 4.84. The van der Waals surface area contributed by atoms with E-state index in [1.54, 1.807) is 13.0 Å². The van der Waals surface area contributed by atoms with Crippen LogP contribution in [0.4, 0.5) is 5.69 Å². The number of nitrogens with zero attached hydrogens (tertiary/aromatic N) is 1. The van der Waals surface area contributed by atoms with E-state index in [9.17, 15) is 18.3 Å². The minimum absolute atomic E-state index is 0.0205.